The van der Waals surface area contributed by atoms with Gasteiger partial charge in [0, 0.05) is 21.5 Å². The monoisotopic (exact) mass is 352 g/mol. The van der Waals surface area contributed by atoms with Crippen LogP contribution in [0.25, 0.3) is 0 Å². The summed E-state index contributed by atoms with van der Waals surface area (Å²) in [6.45, 7) is 0.723. The van der Waals surface area contributed by atoms with Crippen molar-refractivity contribution in [3.05, 3.63) is 62.6 Å². The number of halogens is 2. The summed E-state index contributed by atoms with van der Waals surface area (Å²) in [5, 5.41) is 0.678. The summed E-state index contributed by atoms with van der Waals surface area (Å²) in [5.41, 5.74) is 6.11. The molecular formula is C15H14BrClN2O. The van der Waals surface area contributed by atoms with Gasteiger partial charge >= 0.3 is 0 Å². The van der Waals surface area contributed by atoms with E-state index >= 15 is 0 Å². The lowest BCUT2D eigenvalue weighted by Gasteiger charge is -2.21. The normalized spacial score (nSPS) is 14.8. The van der Waals surface area contributed by atoms with Gasteiger partial charge in [-0.05, 0) is 29.3 Å². The van der Waals surface area contributed by atoms with Crippen molar-refractivity contribution in [1.82, 2.24) is 5.43 Å². The van der Waals surface area contributed by atoms with Crippen LogP contribution in [0.4, 0.5) is 0 Å². The van der Waals surface area contributed by atoms with Crippen molar-refractivity contribution in [1.29, 1.82) is 0 Å². The van der Waals surface area contributed by atoms with Crippen molar-refractivity contribution in [2.45, 2.75) is 12.5 Å². The lowest BCUT2D eigenvalue weighted by molar-refractivity contribution is 0.350. The van der Waals surface area contributed by atoms with Crippen LogP contribution in [0.5, 0.6) is 5.75 Å². The van der Waals surface area contributed by atoms with Crippen LogP contribution in [0, 0.1) is 0 Å². The zero-order valence-corrected chi connectivity index (χ0v) is 13.0. The Kier molecular flexibility index (Phi) is 3.98. The molecule has 0 bridgehead atoms. The van der Waals surface area contributed by atoms with Gasteiger partial charge in [-0.25, -0.2) is 5.43 Å². The van der Waals surface area contributed by atoms with Crippen molar-refractivity contribution in [2.75, 3.05) is 6.61 Å². The van der Waals surface area contributed by atoms with Gasteiger partial charge in [-0.3, -0.25) is 5.84 Å². The van der Waals surface area contributed by atoms with Crippen molar-refractivity contribution in [2.24, 2.45) is 5.84 Å². The maximum Gasteiger partial charge on any atom is 0.127 e. The summed E-state index contributed by atoms with van der Waals surface area (Å²) in [4.78, 5) is 0. The van der Waals surface area contributed by atoms with Gasteiger partial charge < -0.3 is 4.74 Å². The van der Waals surface area contributed by atoms with Crippen molar-refractivity contribution in [3.63, 3.8) is 0 Å². The largest absolute Gasteiger partial charge is 0.493 e. The van der Waals surface area contributed by atoms with Crippen LogP contribution in [0.3, 0.4) is 0 Å². The highest BCUT2D eigenvalue weighted by Gasteiger charge is 2.24. The van der Waals surface area contributed by atoms with E-state index in [1.165, 1.54) is 5.56 Å². The predicted molar refractivity (Wildman–Crippen MR) is 84.0 cm³/mol. The number of nitrogens with two attached hydrogens (primary N) is 1. The number of hydrogen-bond donors (Lipinski definition) is 2. The van der Waals surface area contributed by atoms with Crippen LogP contribution in [-0.4, -0.2) is 6.61 Å². The van der Waals surface area contributed by atoms with Crippen molar-refractivity contribution in [3.8, 4) is 5.75 Å². The second-order valence-corrected chi connectivity index (χ2v) is 5.99. The zero-order valence-electron chi connectivity index (χ0n) is 10.7. The Morgan fingerprint density at radius 1 is 1.25 bits per heavy atom. The molecule has 1 unspecified atom stereocenters. The first-order chi connectivity index (χ1) is 9.70. The van der Waals surface area contributed by atoms with Gasteiger partial charge in [0.1, 0.15) is 5.75 Å². The van der Waals surface area contributed by atoms with Gasteiger partial charge in [-0.2, -0.15) is 0 Å². The summed E-state index contributed by atoms with van der Waals surface area (Å²) in [7, 11) is 0. The Balaban J connectivity index is 2.11. The van der Waals surface area contributed by atoms with E-state index in [9.17, 15) is 0 Å². The van der Waals surface area contributed by atoms with Crippen molar-refractivity contribution >= 4 is 27.5 Å². The number of nitrogens with one attached hydrogen (secondary N) is 1. The number of ether oxygens (including phenoxy) is 1. The molecule has 3 N–H and O–H groups in total. The first-order valence-electron chi connectivity index (χ1n) is 6.36. The minimum atomic E-state index is -0.170. The van der Waals surface area contributed by atoms with E-state index in [0.29, 0.717) is 5.02 Å². The fraction of sp³-hybridized carbons (Fsp3) is 0.200. The number of rotatable bonds is 3. The third-order valence-corrected chi connectivity index (χ3v) is 4.45. The first-order valence-corrected chi connectivity index (χ1v) is 7.53. The van der Waals surface area contributed by atoms with Gasteiger partial charge in [-0.1, -0.05) is 45.7 Å². The molecule has 0 amide bonds. The Bertz CT molecular complexity index is 648. The smallest absolute Gasteiger partial charge is 0.127 e. The molecule has 0 radical (unpaired) electrons. The van der Waals surface area contributed by atoms with Gasteiger partial charge in [0.2, 0.25) is 0 Å². The van der Waals surface area contributed by atoms with Crippen LogP contribution in [0.2, 0.25) is 5.02 Å². The molecule has 1 aliphatic rings. The van der Waals surface area contributed by atoms with Crippen LogP contribution in [0.1, 0.15) is 22.7 Å². The standard InChI is InChI=1S/C15H14BrClN2O/c16-13-5-4-10(17)8-12(13)14(19-18)11-3-1-2-9-6-7-20-15(9)11/h1-5,8,14,19H,6-7,18H2. The average molecular weight is 354 g/mol. The third kappa shape index (κ3) is 2.44. The van der Waals surface area contributed by atoms with Gasteiger partial charge in [0.15, 0.2) is 0 Å². The fourth-order valence-electron chi connectivity index (χ4n) is 2.55. The topological polar surface area (TPSA) is 47.3 Å². The number of para-hydroxylation sites is 1. The van der Waals surface area contributed by atoms with E-state index < -0.39 is 0 Å². The summed E-state index contributed by atoms with van der Waals surface area (Å²) in [6.07, 6.45) is 0.942. The summed E-state index contributed by atoms with van der Waals surface area (Å²) >= 11 is 9.66. The van der Waals surface area contributed by atoms with Gasteiger partial charge in [-0.15, -0.1) is 0 Å². The van der Waals surface area contributed by atoms with E-state index in [1.54, 1.807) is 0 Å². The SMILES string of the molecule is NNC(c1cc(Cl)ccc1Br)c1cccc2c1OCC2. The number of benzene rings is 2. The maximum atomic E-state index is 6.10. The molecule has 2 aromatic rings. The minimum absolute atomic E-state index is 0.170. The summed E-state index contributed by atoms with van der Waals surface area (Å²) < 4.78 is 6.72. The number of hydrogen-bond acceptors (Lipinski definition) is 3. The molecule has 3 nitrogen and oxygen atoms in total. The van der Waals surface area contributed by atoms with Gasteiger partial charge in [0.05, 0.1) is 12.6 Å². The lowest BCUT2D eigenvalue weighted by Crippen LogP contribution is -2.29. The molecule has 0 fully saturated rings. The number of hydrazine groups is 1. The molecule has 1 atom stereocenters. The molecule has 2 aromatic carbocycles. The van der Waals surface area contributed by atoms with Crippen LogP contribution >= 0.6 is 27.5 Å². The summed E-state index contributed by atoms with van der Waals surface area (Å²) in [5.74, 6) is 6.71. The Morgan fingerprint density at radius 2 is 2.10 bits per heavy atom. The molecule has 1 heterocycles. The quantitative estimate of drug-likeness (QED) is 0.655. The van der Waals surface area contributed by atoms with Crippen LogP contribution in [-0.2, 0) is 6.42 Å². The highest BCUT2D eigenvalue weighted by Crippen LogP contribution is 2.38. The molecule has 20 heavy (non-hydrogen) atoms. The molecule has 0 spiro atoms. The highest BCUT2D eigenvalue weighted by molar-refractivity contribution is 9.10. The first kappa shape index (κ1) is 13.9. The summed E-state index contributed by atoms with van der Waals surface area (Å²) in [6, 6.07) is 11.7. The van der Waals surface area contributed by atoms with E-state index in [-0.39, 0.29) is 6.04 Å². The van der Waals surface area contributed by atoms with E-state index in [0.717, 1.165) is 34.4 Å². The second kappa shape index (κ2) is 5.74. The van der Waals surface area contributed by atoms with E-state index in [1.807, 2.05) is 30.3 Å². The fourth-order valence-corrected chi connectivity index (χ4v) is 3.21. The van der Waals surface area contributed by atoms with Crippen LogP contribution in [0.15, 0.2) is 40.9 Å². The second-order valence-electron chi connectivity index (χ2n) is 4.70. The number of fused-ring (bicyclic) bond motifs is 1. The maximum absolute atomic E-state index is 6.10. The Labute approximate surface area is 131 Å². The molecule has 0 saturated heterocycles. The van der Waals surface area contributed by atoms with E-state index in [4.69, 9.17) is 22.2 Å². The van der Waals surface area contributed by atoms with Gasteiger partial charge in [0.25, 0.3) is 0 Å². The third-order valence-electron chi connectivity index (χ3n) is 3.49. The molecule has 5 heteroatoms. The van der Waals surface area contributed by atoms with E-state index in [2.05, 4.69) is 27.4 Å². The molecule has 3 rings (SSSR count). The molecule has 0 aliphatic carbocycles. The molecule has 0 aromatic heterocycles. The minimum Gasteiger partial charge on any atom is -0.493 e. The predicted octanol–water partition coefficient (Wildman–Crippen LogP) is 3.59. The average Bonchev–Trinajstić information content (AvgIpc) is 2.92. The Hall–Kier alpha value is -1.07. The zero-order chi connectivity index (χ0) is 14.1. The molecule has 104 valence electrons. The highest BCUT2D eigenvalue weighted by atomic mass is 79.9. The Morgan fingerprint density at radius 3 is 2.90 bits per heavy atom. The molecular weight excluding hydrogens is 340 g/mol. The molecule has 0 saturated carbocycles. The lowest BCUT2D eigenvalue weighted by atomic mass is 9.96. The van der Waals surface area contributed by atoms with Crippen LogP contribution < -0.4 is 16.0 Å². The molecule has 1 aliphatic heterocycles. The van der Waals surface area contributed by atoms with Crippen molar-refractivity contribution < 1.29 is 4.74 Å².